The third kappa shape index (κ3) is 7.46. The molecule has 0 aliphatic rings. The minimum Gasteiger partial charge on any atom is -0.448 e. The zero-order valence-electron chi connectivity index (χ0n) is 19.9. The Balaban J connectivity index is 1.41. The molecule has 4 aromatic rings. The number of anilines is 2. The molecule has 9 nitrogen and oxygen atoms in total. The lowest BCUT2D eigenvalue weighted by Gasteiger charge is -2.19. The van der Waals surface area contributed by atoms with Gasteiger partial charge in [0, 0.05) is 5.38 Å². The summed E-state index contributed by atoms with van der Waals surface area (Å²) in [4.78, 5) is 37.4. The molecule has 0 radical (unpaired) electrons. The summed E-state index contributed by atoms with van der Waals surface area (Å²) in [7, 11) is 0. The van der Waals surface area contributed by atoms with Crippen LogP contribution in [-0.2, 0) is 17.5 Å². The SMILES string of the molecule is O=C(Nc1ccc(NC(=O)C(CCCNCc2ncco2)c2cccc(C(F)(F)F)c2)cn1)c1cscn1. The Morgan fingerprint density at radius 2 is 1.95 bits per heavy atom. The van der Waals surface area contributed by atoms with Crippen LogP contribution in [0.15, 0.2) is 70.4 Å². The predicted octanol–water partition coefficient (Wildman–Crippen LogP) is 5.09. The van der Waals surface area contributed by atoms with Crippen molar-refractivity contribution in [2.45, 2.75) is 31.5 Å². The third-order valence-electron chi connectivity index (χ3n) is 5.48. The molecule has 1 unspecified atom stereocenters. The van der Waals surface area contributed by atoms with Gasteiger partial charge in [0.15, 0.2) is 0 Å². The summed E-state index contributed by atoms with van der Waals surface area (Å²) in [5.74, 6) is -0.969. The van der Waals surface area contributed by atoms with E-state index in [0.717, 1.165) is 12.1 Å². The highest BCUT2D eigenvalue weighted by atomic mass is 32.1. The van der Waals surface area contributed by atoms with Gasteiger partial charge in [-0.3, -0.25) is 9.59 Å². The van der Waals surface area contributed by atoms with Crippen molar-refractivity contribution in [3.63, 3.8) is 0 Å². The van der Waals surface area contributed by atoms with Crippen molar-refractivity contribution in [1.29, 1.82) is 0 Å². The van der Waals surface area contributed by atoms with E-state index in [1.807, 2.05) is 0 Å². The molecule has 1 atom stereocenters. The summed E-state index contributed by atoms with van der Waals surface area (Å²) in [6, 6.07) is 7.82. The summed E-state index contributed by atoms with van der Waals surface area (Å²) in [5, 5.41) is 10.1. The molecule has 2 amide bonds. The Bertz CT molecular complexity index is 1330. The van der Waals surface area contributed by atoms with Gasteiger partial charge < -0.3 is 20.4 Å². The van der Waals surface area contributed by atoms with Gasteiger partial charge in [-0.2, -0.15) is 13.2 Å². The number of carbonyl (C=O) groups is 2. The van der Waals surface area contributed by atoms with Gasteiger partial charge in [0.1, 0.15) is 17.8 Å². The van der Waals surface area contributed by atoms with E-state index >= 15 is 0 Å². The Hall–Kier alpha value is -4.10. The Morgan fingerprint density at radius 1 is 1.08 bits per heavy atom. The zero-order valence-corrected chi connectivity index (χ0v) is 20.7. The largest absolute Gasteiger partial charge is 0.448 e. The molecule has 0 aliphatic carbocycles. The molecular formula is C25H23F3N6O3S. The molecule has 0 saturated heterocycles. The monoisotopic (exact) mass is 544 g/mol. The summed E-state index contributed by atoms with van der Waals surface area (Å²) in [6.07, 6.45) is 0.616. The van der Waals surface area contributed by atoms with Crippen LogP contribution in [0, 0.1) is 0 Å². The first kappa shape index (κ1) is 26.9. The molecule has 13 heteroatoms. The number of hydrogen-bond acceptors (Lipinski definition) is 8. The van der Waals surface area contributed by atoms with Gasteiger partial charge in [-0.1, -0.05) is 18.2 Å². The summed E-state index contributed by atoms with van der Waals surface area (Å²) in [5.41, 5.74) is 1.56. The van der Waals surface area contributed by atoms with Crippen molar-refractivity contribution >= 4 is 34.7 Å². The number of alkyl halides is 3. The van der Waals surface area contributed by atoms with Gasteiger partial charge in [-0.25, -0.2) is 15.0 Å². The first-order valence-corrected chi connectivity index (χ1v) is 12.5. The van der Waals surface area contributed by atoms with E-state index in [0.29, 0.717) is 37.5 Å². The van der Waals surface area contributed by atoms with Crippen LogP contribution in [0.1, 0.15) is 46.3 Å². The number of pyridine rings is 1. The van der Waals surface area contributed by atoms with E-state index in [2.05, 4.69) is 30.9 Å². The maximum absolute atomic E-state index is 13.3. The lowest BCUT2D eigenvalue weighted by atomic mass is 9.91. The van der Waals surface area contributed by atoms with Crippen molar-refractivity contribution in [1.82, 2.24) is 20.3 Å². The molecule has 0 spiro atoms. The summed E-state index contributed by atoms with van der Waals surface area (Å²) >= 11 is 1.28. The molecule has 0 fully saturated rings. The number of halogens is 3. The van der Waals surface area contributed by atoms with E-state index in [4.69, 9.17) is 4.42 Å². The minimum atomic E-state index is -4.53. The summed E-state index contributed by atoms with van der Waals surface area (Å²) < 4.78 is 45.1. The number of carbonyl (C=O) groups excluding carboxylic acids is 2. The maximum atomic E-state index is 13.3. The van der Waals surface area contributed by atoms with Crippen LogP contribution in [-0.4, -0.2) is 33.3 Å². The number of thiazole rings is 1. The second kappa shape index (κ2) is 12.4. The topological polar surface area (TPSA) is 122 Å². The van der Waals surface area contributed by atoms with Crippen LogP contribution in [0.5, 0.6) is 0 Å². The van der Waals surface area contributed by atoms with E-state index < -0.39 is 29.5 Å². The van der Waals surface area contributed by atoms with Gasteiger partial charge in [-0.15, -0.1) is 11.3 Å². The highest BCUT2D eigenvalue weighted by molar-refractivity contribution is 7.07. The number of hydrogen-bond donors (Lipinski definition) is 3. The van der Waals surface area contributed by atoms with Crippen molar-refractivity contribution in [3.05, 3.63) is 88.7 Å². The average Bonchev–Trinajstić information content (AvgIpc) is 3.62. The molecule has 3 heterocycles. The normalized spacial score (nSPS) is 12.2. The fraction of sp³-hybridized carbons (Fsp3) is 0.240. The lowest BCUT2D eigenvalue weighted by Crippen LogP contribution is -2.23. The van der Waals surface area contributed by atoms with Gasteiger partial charge in [0.2, 0.25) is 11.8 Å². The van der Waals surface area contributed by atoms with Crippen LogP contribution in [0.25, 0.3) is 0 Å². The molecule has 38 heavy (non-hydrogen) atoms. The standard InChI is InChI=1S/C25H23F3N6O3S/c26-25(27,28)17-4-1-3-16(11-17)19(5-2-8-29-13-22-30-9-10-37-22)23(35)33-18-6-7-21(31-12-18)34-24(36)20-14-38-15-32-20/h1,3-4,6-7,9-12,14-15,19,29H,2,5,8,13H2,(H,33,35)(H,31,34,36). The Morgan fingerprint density at radius 3 is 2.63 bits per heavy atom. The van der Waals surface area contributed by atoms with E-state index in [1.165, 1.54) is 53.7 Å². The second-order valence-corrected chi connectivity index (χ2v) is 8.89. The van der Waals surface area contributed by atoms with Crippen molar-refractivity contribution in [2.24, 2.45) is 0 Å². The molecular weight excluding hydrogens is 521 g/mol. The first-order valence-electron chi connectivity index (χ1n) is 11.5. The number of rotatable bonds is 11. The van der Waals surface area contributed by atoms with Crippen molar-refractivity contribution in [3.8, 4) is 0 Å². The second-order valence-electron chi connectivity index (χ2n) is 8.17. The highest BCUT2D eigenvalue weighted by Gasteiger charge is 2.32. The Kier molecular flexibility index (Phi) is 8.81. The smallest absolute Gasteiger partial charge is 0.416 e. The highest BCUT2D eigenvalue weighted by Crippen LogP contribution is 2.32. The van der Waals surface area contributed by atoms with Crippen molar-refractivity contribution in [2.75, 3.05) is 17.2 Å². The van der Waals surface area contributed by atoms with Crippen LogP contribution in [0.4, 0.5) is 24.7 Å². The fourth-order valence-electron chi connectivity index (χ4n) is 3.62. The van der Waals surface area contributed by atoms with Crippen LogP contribution in [0.3, 0.4) is 0 Å². The van der Waals surface area contributed by atoms with Crippen LogP contribution < -0.4 is 16.0 Å². The predicted molar refractivity (Wildman–Crippen MR) is 135 cm³/mol. The average molecular weight is 545 g/mol. The molecule has 0 saturated carbocycles. The minimum absolute atomic E-state index is 0.255. The number of oxazole rings is 1. The van der Waals surface area contributed by atoms with Gasteiger partial charge in [0.25, 0.3) is 5.91 Å². The van der Waals surface area contributed by atoms with E-state index in [1.54, 1.807) is 11.4 Å². The lowest BCUT2D eigenvalue weighted by molar-refractivity contribution is -0.137. The molecule has 3 aromatic heterocycles. The van der Waals surface area contributed by atoms with Gasteiger partial charge in [0.05, 0.1) is 41.6 Å². The molecule has 0 bridgehead atoms. The maximum Gasteiger partial charge on any atom is 0.416 e. The zero-order chi connectivity index (χ0) is 27.0. The van der Waals surface area contributed by atoms with Crippen LogP contribution in [0.2, 0.25) is 0 Å². The number of nitrogens with zero attached hydrogens (tertiary/aromatic N) is 3. The molecule has 4 rings (SSSR count). The van der Waals surface area contributed by atoms with E-state index in [-0.39, 0.29) is 17.1 Å². The first-order chi connectivity index (χ1) is 18.3. The molecule has 0 aliphatic heterocycles. The number of aromatic nitrogens is 3. The number of nitrogens with one attached hydrogen (secondary N) is 3. The van der Waals surface area contributed by atoms with Gasteiger partial charge >= 0.3 is 6.18 Å². The van der Waals surface area contributed by atoms with Crippen LogP contribution >= 0.6 is 11.3 Å². The molecule has 1 aromatic carbocycles. The molecule has 3 N–H and O–H groups in total. The Labute approximate surface area is 219 Å². The van der Waals surface area contributed by atoms with Gasteiger partial charge in [-0.05, 0) is 43.1 Å². The van der Waals surface area contributed by atoms with E-state index in [9.17, 15) is 22.8 Å². The quantitative estimate of drug-likeness (QED) is 0.225. The third-order valence-corrected chi connectivity index (χ3v) is 6.06. The fourth-order valence-corrected chi connectivity index (χ4v) is 4.16. The summed E-state index contributed by atoms with van der Waals surface area (Å²) in [6.45, 7) is 0.893. The number of benzene rings is 1. The molecule has 198 valence electrons. The van der Waals surface area contributed by atoms with Crippen molar-refractivity contribution < 1.29 is 27.2 Å². The number of amides is 2.